The summed E-state index contributed by atoms with van der Waals surface area (Å²) >= 11 is 0. The molecule has 0 aromatic heterocycles. The molecular weight excluding hydrogens is 272 g/mol. The number of hydrogen-bond donors (Lipinski definition) is 1. The van der Waals surface area contributed by atoms with E-state index in [1.54, 1.807) is 12.2 Å². The summed E-state index contributed by atoms with van der Waals surface area (Å²) in [5.74, 6) is -0.291. The summed E-state index contributed by atoms with van der Waals surface area (Å²) < 4.78 is 4.93. The van der Waals surface area contributed by atoms with Gasteiger partial charge in [-0.15, -0.1) is 0 Å². The Morgan fingerprint density at radius 1 is 1.43 bits per heavy atom. The normalized spacial score (nSPS) is 29.2. The second-order valence-electron chi connectivity index (χ2n) is 5.84. The van der Waals surface area contributed by atoms with Crippen LogP contribution in [-0.2, 0) is 14.3 Å². The zero-order valence-corrected chi connectivity index (χ0v) is 12.6. The van der Waals surface area contributed by atoms with Crippen molar-refractivity contribution < 1.29 is 19.1 Å². The standard InChI is InChI=1S/C15H22N2O4/c1-3-4-9-21-12(18)10-17-13(19)15(16-14(17)20)7-5-11(2)6-8-15/h3-4,11H,5-10H2,1-2H3,(H,16,20)/b4-3+. The highest BCUT2D eigenvalue weighted by Crippen LogP contribution is 2.36. The zero-order valence-electron chi connectivity index (χ0n) is 12.6. The molecule has 2 aliphatic rings. The molecule has 3 amide bonds. The van der Waals surface area contributed by atoms with E-state index in [1.165, 1.54) is 0 Å². The number of urea groups is 1. The molecule has 1 saturated heterocycles. The molecule has 1 aliphatic heterocycles. The second-order valence-corrected chi connectivity index (χ2v) is 5.84. The van der Waals surface area contributed by atoms with Crippen molar-refractivity contribution in [2.45, 2.75) is 45.1 Å². The predicted octanol–water partition coefficient (Wildman–Crippen LogP) is 1.61. The van der Waals surface area contributed by atoms with Gasteiger partial charge in [-0.1, -0.05) is 19.1 Å². The summed E-state index contributed by atoms with van der Waals surface area (Å²) in [5.41, 5.74) is -0.798. The maximum absolute atomic E-state index is 12.5. The molecule has 116 valence electrons. The van der Waals surface area contributed by atoms with Gasteiger partial charge in [-0.3, -0.25) is 14.5 Å². The van der Waals surface area contributed by atoms with Crippen molar-refractivity contribution in [1.82, 2.24) is 10.2 Å². The molecule has 0 aromatic carbocycles. The van der Waals surface area contributed by atoms with Crippen LogP contribution in [0.5, 0.6) is 0 Å². The van der Waals surface area contributed by atoms with Crippen LogP contribution < -0.4 is 5.32 Å². The van der Waals surface area contributed by atoms with Gasteiger partial charge < -0.3 is 10.1 Å². The van der Waals surface area contributed by atoms with Gasteiger partial charge in [-0.2, -0.15) is 0 Å². The Bertz CT molecular complexity index is 464. The second kappa shape index (κ2) is 6.28. The summed E-state index contributed by atoms with van der Waals surface area (Å²) in [4.78, 5) is 37.1. The van der Waals surface area contributed by atoms with Gasteiger partial charge in [-0.05, 0) is 38.5 Å². The van der Waals surface area contributed by atoms with Gasteiger partial charge >= 0.3 is 12.0 Å². The fraction of sp³-hybridized carbons (Fsp3) is 0.667. The molecule has 1 spiro atoms. The Balaban J connectivity index is 1.97. The highest BCUT2D eigenvalue weighted by atomic mass is 16.5. The summed E-state index contributed by atoms with van der Waals surface area (Å²) in [5, 5.41) is 2.78. The Morgan fingerprint density at radius 3 is 2.71 bits per heavy atom. The van der Waals surface area contributed by atoms with Gasteiger partial charge in [0, 0.05) is 0 Å². The quantitative estimate of drug-likeness (QED) is 0.485. The minimum atomic E-state index is -0.798. The van der Waals surface area contributed by atoms with Crippen LogP contribution in [0.25, 0.3) is 0 Å². The SMILES string of the molecule is C/C=C/COC(=O)CN1C(=O)NC2(CCC(C)CC2)C1=O. The largest absolute Gasteiger partial charge is 0.460 e. The Kier molecular flexibility index (Phi) is 4.65. The van der Waals surface area contributed by atoms with E-state index >= 15 is 0 Å². The highest BCUT2D eigenvalue weighted by molar-refractivity contribution is 6.08. The van der Waals surface area contributed by atoms with Gasteiger partial charge in [0.2, 0.25) is 0 Å². The number of esters is 1. The number of rotatable bonds is 4. The Hall–Kier alpha value is -1.85. The van der Waals surface area contributed by atoms with Crippen LogP contribution in [0.4, 0.5) is 4.79 Å². The van der Waals surface area contributed by atoms with Crippen molar-refractivity contribution in [2.24, 2.45) is 5.92 Å². The topological polar surface area (TPSA) is 75.7 Å². The molecule has 0 unspecified atom stereocenters. The fourth-order valence-electron chi connectivity index (χ4n) is 2.83. The first-order valence-corrected chi connectivity index (χ1v) is 7.39. The lowest BCUT2D eigenvalue weighted by molar-refractivity contribution is -0.147. The maximum atomic E-state index is 12.5. The molecule has 6 heteroatoms. The first-order chi connectivity index (χ1) is 9.98. The number of carbonyl (C=O) groups excluding carboxylic acids is 3. The number of carbonyl (C=O) groups is 3. The zero-order chi connectivity index (χ0) is 15.5. The minimum absolute atomic E-state index is 0.154. The molecule has 21 heavy (non-hydrogen) atoms. The number of imide groups is 1. The van der Waals surface area contributed by atoms with Crippen LogP contribution in [0.15, 0.2) is 12.2 Å². The number of nitrogens with one attached hydrogen (secondary N) is 1. The molecular formula is C15H22N2O4. The van der Waals surface area contributed by atoms with Crippen LogP contribution in [0, 0.1) is 5.92 Å². The molecule has 0 aromatic rings. The van der Waals surface area contributed by atoms with Crippen molar-refractivity contribution in [3.63, 3.8) is 0 Å². The van der Waals surface area contributed by atoms with Gasteiger partial charge in [0.1, 0.15) is 18.7 Å². The highest BCUT2D eigenvalue weighted by Gasteiger charge is 2.52. The van der Waals surface area contributed by atoms with Crippen molar-refractivity contribution >= 4 is 17.9 Å². The predicted molar refractivity (Wildman–Crippen MR) is 76.4 cm³/mol. The van der Waals surface area contributed by atoms with Crippen LogP contribution >= 0.6 is 0 Å². The van der Waals surface area contributed by atoms with E-state index in [-0.39, 0.29) is 19.1 Å². The third-order valence-corrected chi connectivity index (χ3v) is 4.24. The number of allylic oxidation sites excluding steroid dienone is 1. The summed E-state index contributed by atoms with van der Waals surface area (Å²) in [6.07, 6.45) is 6.55. The maximum Gasteiger partial charge on any atom is 0.326 e. The lowest BCUT2D eigenvalue weighted by Gasteiger charge is -2.33. The molecule has 1 saturated carbocycles. The lowest BCUT2D eigenvalue weighted by atomic mass is 9.77. The van der Waals surface area contributed by atoms with Gasteiger partial charge in [0.05, 0.1) is 0 Å². The first-order valence-electron chi connectivity index (χ1n) is 7.39. The Morgan fingerprint density at radius 2 is 2.10 bits per heavy atom. The van der Waals surface area contributed by atoms with E-state index in [4.69, 9.17) is 4.74 Å². The molecule has 1 N–H and O–H groups in total. The number of hydrogen-bond acceptors (Lipinski definition) is 4. The van der Waals surface area contributed by atoms with E-state index in [9.17, 15) is 14.4 Å². The van der Waals surface area contributed by atoms with E-state index in [1.807, 2.05) is 6.92 Å². The van der Waals surface area contributed by atoms with E-state index in [0.29, 0.717) is 18.8 Å². The van der Waals surface area contributed by atoms with E-state index in [2.05, 4.69) is 12.2 Å². The third kappa shape index (κ3) is 3.25. The minimum Gasteiger partial charge on any atom is -0.460 e. The summed E-state index contributed by atoms with van der Waals surface area (Å²) in [6.45, 7) is 3.80. The molecule has 6 nitrogen and oxygen atoms in total. The van der Waals surface area contributed by atoms with Crippen molar-refractivity contribution in [3.05, 3.63) is 12.2 Å². The molecule has 2 fully saturated rings. The number of amides is 3. The molecule has 2 rings (SSSR count). The van der Waals surface area contributed by atoms with Crippen LogP contribution in [0.1, 0.15) is 39.5 Å². The lowest BCUT2D eigenvalue weighted by Crippen LogP contribution is -2.49. The van der Waals surface area contributed by atoms with Crippen molar-refractivity contribution in [2.75, 3.05) is 13.2 Å². The number of ether oxygens (including phenoxy) is 1. The van der Waals surface area contributed by atoms with Crippen LogP contribution in [0.3, 0.4) is 0 Å². The monoisotopic (exact) mass is 294 g/mol. The van der Waals surface area contributed by atoms with Gasteiger partial charge in [0.25, 0.3) is 5.91 Å². The molecule has 0 radical (unpaired) electrons. The van der Waals surface area contributed by atoms with E-state index in [0.717, 1.165) is 17.7 Å². The number of nitrogens with zero attached hydrogens (tertiary/aromatic N) is 1. The first kappa shape index (κ1) is 15.5. The Labute approximate surface area is 124 Å². The molecule has 0 atom stereocenters. The average Bonchev–Trinajstić information content (AvgIpc) is 2.67. The fourth-order valence-corrected chi connectivity index (χ4v) is 2.83. The molecule has 1 heterocycles. The van der Waals surface area contributed by atoms with Crippen LogP contribution in [-0.4, -0.2) is 41.5 Å². The van der Waals surface area contributed by atoms with Crippen molar-refractivity contribution in [3.8, 4) is 0 Å². The van der Waals surface area contributed by atoms with Gasteiger partial charge in [-0.25, -0.2) is 4.79 Å². The average molecular weight is 294 g/mol. The molecule has 1 aliphatic carbocycles. The van der Waals surface area contributed by atoms with Crippen LogP contribution in [0.2, 0.25) is 0 Å². The van der Waals surface area contributed by atoms with Crippen molar-refractivity contribution in [1.29, 1.82) is 0 Å². The third-order valence-electron chi connectivity index (χ3n) is 4.24. The summed E-state index contributed by atoms with van der Waals surface area (Å²) in [6, 6.07) is -0.488. The summed E-state index contributed by atoms with van der Waals surface area (Å²) in [7, 11) is 0. The smallest absolute Gasteiger partial charge is 0.326 e. The van der Waals surface area contributed by atoms with E-state index < -0.39 is 17.5 Å². The molecule has 0 bridgehead atoms. The van der Waals surface area contributed by atoms with Gasteiger partial charge in [0.15, 0.2) is 0 Å².